The molecule has 0 aliphatic rings. The molecule has 0 rings (SSSR count). The van der Waals surface area contributed by atoms with Crippen molar-refractivity contribution in [1.29, 1.82) is 0 Å². The molecule has 0 heterocycles. The maximum absolute atomic E-state index is 9.60. The van der Waals surface area contributed by atoms with E-state index in [1.54, 1.807) is 0 Å². The predicted molar refractivity (Wildman–Crippen MR) is 39.0 cm³/mol. The first-order valence-electron chi connectivity index (χ1n) is 2.98. The van der Waals surface area contributed by atoms with Crippen LogP contribution >= 0.6 is 15.9 Å². The highest BCUT2D eigenvalue weighted by Crippen LogP contribution is 2.09. The third kappa shape index (κ3) is 5.83. The third-order valence-electron chi connectivity index (χ3n) is 0.961. The minimum Gasteiger partial charge on any atom is -0.442 e. The van der Waals surface area contributed by atoms with Crippen molar-refractivity contribution in [3.63, 3.8) is 0 Å². The quantitative estimate of drug-likeness (QED) is 0.625. The van der Waals surface area contributed by atoms with Crippen molar-refractivity contribution in [2.24, 2.45) is 0 Å². The number of hydrogen-bond donors (Lipinski definition) is 0. The Kier molecular flexibility index (Phi) is 6.04. The Morgan fingerprint density at radius 3 is 2.89 bits per heavy atom. The SMILES string of the molecule is CCCCC(Br)O[C]=O. The van der Waals surface area contributed by atoms with Gasteiger partial charge in [-0.15, -0.1) is 0 Å². The molecule has 0 fully saturated rings. The van der Waals surface area contributed by atoms with E-state index in [9.17, 15) is 4.79 Å². The fourth-order valence-corrected chi connectivity index (χ4v) is 0.876. The van der Waals surface area contributed by atoms with Crippen LogP contribution < -0.4 is 0 Å². The summed E-state index contributed by atoms with van der Waals surface area (Å²) in [5.74, 6) is 0. The molecule has 0 saturated carbocycles. The van der Waals surface area contributed by atoms with E-state index in [0.717, 1.165) is 19.3 Å². The summed E-state index contributed by atoms with van der Waals surface area (Å²) in [6.07, 6.45) is 3.05. The zero-order valence-electron chi connectivity index (χ0n) is 5.39. The van der Waals surface area contributed by atoms with Crippen LogP contribution in [0.4, 0.5) is 0 Å². The second-order valence-electron chi connectivity index (χ2n) is 1.75. The molecule has 0 aliphatic heterocycles. The Hall–Kier alpha value is -0.0500. The Balaban J connectivity index is 3.04. The number of alkyl halides is 1. The second kappa shape index (κ2) is 6.08. The Morgan fingerprint density at radius 2 is 2.44 bits per heavy atom. The highest BCUT2D eigenvalue weighted by atomic mass is 79.9. The van der Waals surface area contributed by atoms with Crippen molar-refractivity contribution in [3.05, 3.63) is 0 Å². The zero-order valence-corrected chi connectivity index (χ0v) is 6.98. The van der Waals surface area contributed by atoms with E-state index in [0.29, 0.717) is 0 Å². The van der Waals surface area contributed by atoms with Gasteiger partial charge in [0, 0.05) is 0 Å². The maximum Gasteiger partial charge on any atom is 0.418 e. The van der Waals surface area contributed by atoms with E-state index in [1.807, 2.05) is 0 Å². The smallest absolute Gasteiger partial charge is 0.418 e. The fourth-order valence-electron chi connectivity index (χ4n) is 0.476. The first-order valence-corrected chi connectivity index (χ1v) is 3.89. The van der Waals surface area contributed by atoms with Crippen LogP contribution in [0.1, 0.15) is 26.2 Å². The molecule has 2 nitrogen and oxygen atoms in total. The molecule has 1 radical (unpaired) electrons. The summed E-state index contributed by atoms with van der Waals surface area (Å²) in [4.78, 5) is 9.60. The number of carbonyl (C=O) groups excluding carboxylic acids is 1. The van der Waals surface area contributed by atoms with Crippen LogP contribution in [-0.4, -0.2) is 11.5 Å². The summed E-state index contributed by atoms with van der Waals surface area (Å²) < 4.78 is 4.46. The van der Waals surface area contributed by atoms with E-state index in [1.165, 1.54) is 6.47 Å². The molecule has 9 heavy (non-hydrogen) atoms. The van der Waals surface area contributed by atoms with Crippen LogP contribution in [-0.2, 0) is 9.53 Å². The van der Waals surface area contributed by atoms with Gasteiger partial charge < -0.3 is 4.74 Å². The van der Waals surface area contributed by atoms with Crippen molar-refractivity contribution in [2.45, 2.75) is 31.2 Å². The van der Waals surface area contributed by atoms with Crippen LogP contribution in [0, 0.1) is 0 Å². The van der Waals surface area contributed by atoms with Gasteiger partial charge in [0.1, 0.15) is 0 Å². The van der Waals surface area contributed by atoms with Crippen molar-refractivity contribution in [3.8, 4) is 0 Å². The molecule has 0 amide bonds. The summed E-state index contributed by atoms with van der Waals surface area (Å²) >= 11 is 3.15. The minimum absolute atomic E-state index is 0.144. The standard InChI is InChI=1S/C6H10BrO2/c1-2-3-4-6(7)9-5-8/h6H,2-4H2,1H3. The number of hydrogen-bond acceptors (Lipinski definition) is 2. The van der Waals surface area contributed by atoms with Gasteiger partial charge >= 0.3 is 6.47 Å². The van der Waals surface area contributed by atoms with Crippen LogP contribution in [0.2, 0.25) is 0 Å². The monoisotopic (exact) mass is 193 g/mol. The molecule has 0 spiro atoms. The number of unbranched alkanes of at least 4 members (excludes halogenated alkanes) is 1. The first-order chi connectivity index (χ1) is 4.31. The van der Waals surface area contributed by atoms with Crippen LogP contribution in [0.25, 0.3) is 0 Å². The second-order valence-corrected chi connectivity index (χ2v) is 2.77. The molecule has 53 valence electrons. The molecule has 0 bridgehead atoms. The lowest BCUT2D eigenvalue weighted by Gasteiger charge is -2.03. The van der Waals surface area contributed by atoms with Crippen molar-refractivity contribution in [2.75, 3.05) is 0 Å². The van der Waals surface area contributed by atoms with Gasteiger partial charge in [-0.25, -0.2) is 4.79 Å². The Labute approximate surface area is 63.7 Å². The van der Waals surface area contributed by atoms with E-state index in [4.69, 9.17) is 0 Å². The van der Waals surface area contributed by atoms with Crippen LogP contribution in [0.3, 0.4) is 0 Å². The molecular weight excluding hydrogens is 184 g/mol. The minimum atomic E-state index is -0.144. The van der Waals surface area contributed by atoms with Gasteiger partial charge in [0.05, 0.1) is 0 Å². The van der Waals surface area contributed by atoms with Gasteiger partial charge in [0.25, 0.3) is 0 Å². The highest BCUT2D eigenvalue weighted by molar-refractivity contribution is 9.09. The van der Waals surface area contributed by atoms with Crippen molar-refractivity contribution >= 4 is 22.4 Å². The maximum atomic E-state index is 9.60. The summed E-state index contributed by atoms with van der Waals surface area (Å²) in [5, 5.41) is -0.144. The lowest BCUT2D eigenvalue weighted by atomic mass is 10.3. The normalized spacial score (nSPS) is 12.7. The molecular formula is C6H10BrO2. The molecule has 0 N–H and O–H groups in total. The van der Waals surface area contributed by atoms with Gasteiger partial charge in [0.2, 0.25) is 0 Å². The van der Waals surface area contributed by atoms with Crippen molar-refractivity contribution in [1.82, 2.24) is 0 Å². The Bertz CT molecular complexity index is 75.5. The van der Waals surface area contributed by atoms with Gasteiger partial charge in [-0.1, -0.05) is 13.3 Å². The largest absolute Gasteiger partial charge is 0.442 e. The van der Waals surface area contributed by atoms with Crippen LogP contribution in [0.15, 0.2) is 0 Å². The van der Waals surface area contributed by atoms with Crippen molar-refractivity contribution < 1.29 is 9.53 Å². The van der Waals surface area contributed by atoms with Gasteiger partial charge in [-0.2, -0.15) is 0 Å². The first kappa shape index (κ1) is 8.95. The number of rotatable bonds is 5. The van der Waals surface area contributed by atoms with E-state index in [2.05, 4.69) is 27.6 Å². The summed E-state index contributed by atoms with van der Waals surface area (Å²) in [7, 11) is 0. The van der Waals surface area contributed by atoms with E-state index >= 15 is 0 Å². The zero-order chi connectivity index (χ0) is 7.11. The lowest BCUT2D eigenvalue weighted by Crippen LogP contribution is -2.01. The van der Waals surface area contributed by atoms with Crippen LogP contribution in [0.5, 0.6) is 0 Å². The average Bonchev–Trinajstić information content (AvgIpc) is 1.85. The topological polar surface area (TPSA) is 26.3 Å². The summed E-state index contributed by atoms with van der Waals surface area (Å²) in [5.41, 5.74) is 0. The molecule has 0 aromatic rings. The van der Waals surface area contributed by atoms with Gasteiger partial charge in [-0.3, -0.25) is 0 Å². The highest BCUT2D eigenvalue weighted by Gasteiger charge is 2.00. The molecule has 0 saturated heterocycles. The molecule has 1 atom stereocenters. The average molecular weight is 194 g/mol. The molecule has 0 aliphatic carbocycles. The number of halogens is 1. The van der Waals surface area contributed by atoms with Gasteiger partial charge in [-0.05, 0) is 28.8 Å². The molecule has 0 aromatic heterocycles. The predicted octanol–water partition coefficient (Wildman–Crippen LogP) is 1.98. The Morgan fingerprint density at radius 1 is 1.78 bits per heavy atom. The fraction of sp³-hybridized carbons (Fsp3) is 0.833. The van der Waals surface area contributed by atoms with Gasteiger partial charge in [0.15, 0.2) is 5.01 Å². The summed E-state index contributed by atoms with van der Waals surface area (Å²) in [6, 6.07) is 0. The molecule has 0 aromatic carbocycles. The van der Waals surface area contributed by atoms with E-state index in [-0.39, 0.29) is 5.01 Å². The molecule has 3 heteroatoms. The van der Waals surface area contributed by atoms with E-state index < -0.39 is 0 Å². The third-order valence-corrected chi connectivity index (χ3v) is 1.61. The number of ether oxygens (including phenoxy) is 1. The lowest BCUT2D eigenvalue weighted by molar-refractivity contribution is 0.246. The molecule has 1 unspecified atom stereocenters. The summed E-state index contributed by atoms with van der Waals surface area (Å²) in [6.45, 7) is 3.47.